The van der Waals surface area contributed by atoms with Crippen LogP contribution in [0.2, 0.25) is 0 Å². The first-order valence-corrected chi connectivity index (χ1v) is 4.26. The van der Waals surface area contributed by atoms with Gasteiger partial charge in [0.05, 0.1) is 6.10 Å². The lowest BCUT2D eigenvalue weighted by Crippen LogP contribution is -2.30. The van der Waals surface area contributed by atoms with Crippen LogP contribution in [-0.2, 0) is 0 Å². The van der Waals surface area contributed by atoms with Gasteiger partial charge in [-0.25, -0.2) is 0 Å². The predicted molar refractivity (Wildman–Crippen MR) is 48.5 cm³/mol. The summed E-state index contributed by atoms with van der Waals surface area (Å²) in [4.78, 5) is 0. The molecule has 2 nitrogen and oxygen atoms in total. The van der Waals surface area contributed by atoms with E-state index in [1.807, 2.05) is 24.3 Å². The number of allylic oxidation sites excluding steroid dienone is 2. The Labute approximate surface area is 72.1 Å². The average molecular weight is 163 g/mol. The zero-order valence-electron chi connectivity index (χ0n) is 6.85. The molecule has 0 saturated carbocycles. The zero-order chi connectivity index (χ0) is 8.55. The number of aliphatic hydroxyl groups is 1. The van der Waals surface area contributed by atoms with Crippen molar-refractivity contribution in [2.24, 2.45) is 11.7 Å². The summed E-state index contributed by atoms with van der Waals surface area (Å²) < 4.78 is 0. The molecule has 0 aromatic carbocycles. The maximum Gasteiger partial charge on any atom is 0.0823 e. The number of nitrogens with two attached hydrogens (primary N) is 1. The fourth-order valence-corrected chi connectivity index (χ4v) is 1.79. The molecule has 0 saturated heterocycles. The molecule has 0 fully saturated rings. The molecule has 0 spiro atoms. The summed E-state index contributed by atoms with van der Waals surface area (Å²) in [6, 6.07) is 0.131. The van der Waals surface area contributed by atoms with E-state index in [4.69, 9.17) is 5.73 Å². The van der Waals surface area contributed by atoms with Crippen molar-refractivity contribution >= 4 is 0 Å². The average Bonchev–Trinajstić information content (AvgIpc) is 2.04. The van der Waals surface area contributed by atoms with Gasteiger partial charge in [-0.2, -0.15) is 0 Å². The van der Waals surface area contributed by atoms with Gasteiger partial charge in [0.2, 0.25) is 0 Å². The molecule has 3 unspecified atom stereocenters. The Morgan fingerprint density at radius 1 is 1.33 bits per heavy atom. The molecule has 12 heavy (non-hydrogen) atoms. The van der Waals surface area contributed by atoms with Crippen LogP contribution in [-0.4, -0.2) is 17.3 Å². The van der Waals surface area contributed by atoms with Crippen LogP contribution in [0, 0.1) is 5.92 Å². The van der Waals surface area contributed by atoms with Crippen molar-refractivity contribution in [1.29, 1.82) is 0 Å². The Hall–Kier alpha value is -0.860. The highest BCUT2D eigenvalue weighted by molar-refractivity contribution is 5.32. The molecule has 0 bridgehead atoms. The van der Waals surface area contributed by atoms with Gasteiger partial charge in [0.1, 0.15) is 0 Å². The summed E-state index contributed by atoms with van der Waals surface area (Å²) in [6.45, 7) is 0. The van der Waals surface area contributed by atoms with Crippen LogP contribution < -0.4 is 5.73 Å². The van der Waals surface area contributed by atoms with E-state index in [2.05, 4.69) is 6.08 Å². The molecule has 3 N–H and O–H groups in total. The molecule has 2 aliphatic rings. The predicted octanol–water partition coefficient (Wildman–Crippen LogP) is 0.747. The van der Waals surface area contributed by atoms with E-state index in [-0.39, 0.29) is 18.1 Å². The second kappa shape index (κ2) is 2.88. The van der Waals surface area contributed by atoms with E-state index in [1.54, 1.807) is 0 Å². The van der Waals surface area contributed by atoms with Crippen molar-refractivity contribution in [3.63, 3.8) is 0 Å². The van der Waals surface area contributed by atoms with Crippen LogP contribution in [0.4, 0.5) is 0 Å². The van der Waals surface area contributed by atoms with Crippen LogP contribution in [0.15, 0.2) is 36.0 Å². The van der Waals surface area contributed by atoms with Crippen LogP contribution in [0.1, 0.15) is 6.42 Å². The molecule has 0 amide bonds. The van der Waals surface area contributed by atoms with E-state index in [0.717, 1.165) is 6.42 Å². The van der Waals surface area contributed by atoms with Crippen molar-refractivity contribution in [2.45, 2.75) is 18.6 Å². The van der Waals surface area contributed by atoms with E-state index >= 15 is 0 Å². The van der Waals surface area contributed by atoms with Crippen LogP contribution in [0.5, 0.6) is 0 Å². The summed E-state index contributed by atoms with van der Waals surface area (Å²) in [5, 5.41) is 9.57. The van der Waals surface area contributed by atoms with Gasteiger partial charge in [0.15, 0.2) is 0 Å². The number of rotatable bonds is 0. The summed E-state index contributed by atoms with van der Waals surface area (Å²) in [6.07, 6.45) is 10.3. The monoisotopic (exact) mass is 163 g/mol. The molecule has 0 radical (unpaired) electrons. The largest absolute Gasteiger partial charge is 0.388 e. The van der Waals surface area contributed by atoms with E-state index in [9.17, 15) is 5.11 Å². The maximum atomic E-state index is 9.57. The van der Waals surface area contributed by atoms with Gasteiger partial charge in [-0.3, -0.25) is 0 Å². The minimum atomic E-state index is -0.353. The van der Waals surface area contributed by atoms with Gasteiger partial charge in [0, 0.05) is 12.0 Å². The molecule has 2 aliphatic carbocycles. The van der Waals surface area contributed by atoms with Crippen molar-refractivity contribution in [3.05, 3.63) is 36.0 Å². The Morgan fingerprint density at radius 3 is 3.00 bits per heavy atom. The van der Waals surface area contributed by atoms with E-state index in [1.165, 1.54) is 5.57 Å². The fraction of sp³-hybridized carbons (Fsp3) is 0.400. The minimum Gasteiger partial charge on any atom is -0.388 e. The highest BCUT2D eigenvalue weighted by atomic mass is 16.3. The highest BCUT2D eigenvalue weighted by Gasteiger charge is 2.24. The lowest BCUT2D eigenvalue weighted by Gasteiger charge is -2.28. The number of fused-ring (bicyclic) bond motifs is 1. The lowest BCUT2D eigenvalue weighted by molar-refractivity contribution is 0.186. The molecule has 2 rings (SSSR count). The fourth-order valence-electron chi connectivity index (χ4n) is 1.79. The third kappa shape index (κ3) is 1.24. The van der Waals surface area contributed by atoms with Crippen LogP contribution >= 0.6 is 0 Å². The SMILES string of the molecule is NC1C=CC2C(=CC=CC2O)C1. The Balaban J connectivity index is 2.28. The first kappa shape index (κ1) is 7.77. The first-order valence-electron chi connectivity index (χ1n) is 4.26. The van der Waals surface area contributed by atoms with Gasteiger partial charge < -0.3 is 10.8 Å². The topological polar surface area (TPSA) is 46.2 Å². The number of aliphatic hydroxyl groups excluding tert-OH is 1. The van der Waals surface area contributed by atoms with Crippen LogP contribution in [0.25, 0.3) is 0 Å². The van der Waals surface area contributed by atoms with Crippen molar-refractivity contribution < 1.29 is 5.11 Å². The molecule has 0 aromatic rings. The first-order chi connectivity index (χ1) is 5.77. The molecular formula is C10H13NO. The third-order valence-corrected chi connectivity index (χ3v) is 2.45. The quantitative estimate of drug-likeness (QED) is 0.517. The normalized spacial score (nSPS) is 39.2. The van der Waals surface area contributed by atoms with Gasteiger partial charge in [0.25, 0.3) is 0 Å². The zero-order valence-corrected chi connectivity index (χ0v) is 6.85. The standard InChI is InChI=1S/C10H13NO/c11-8-4-5-9-7(6-8)2-1-3-10(9)12/h1-5,8-10,12H,6,11H2. The Kier molecular flexibility index (Phi) is 1.87. The molecule has 3 atom stereocenters. The lowest BCUT2D eigenvalue weighted by atomic mass is 9.81. The van der Waals surface area contributed by atoms with Crippen molar-refractivity contribution in [2.75, 3.05) is 0 Å². The molecule has 64 valence electrons. The summed E-state index contributed by atoms with van der Waals surface area (Å²) in [7, 11) is 0. The Morgan fingerprint density at radius 2 is 2.17 bits per heavy atom. The van der Waals surface area contributed by atoms with E-state index < -0.39 is 0 Å². The van der Waals surface area contributed by atoms with Crippen molar-refractivity contribution in [1.82, 2.24) is 0 Å². The van der Waals surface area contributed by atoms with Crippen molar-refractivity contribution in [3.8, 4) is 0 Å². The summed E-state index contributed by atoms with van der Waals surface area (Å²) in [5.41, 5.74) is 7.00. The molecule has 0 heterocycles. The van der Waals surface area contributed by atoms with Gasteiger partial charge in [-0.05, 0) is 6.42 Å². The highest BCUT2D eigenvalue weighted by Crippen LogP contribution is 2.29. The second-order valence-corrected chi connectivity index (χ2v) is 3.40. The number of hydrogen-bond donors (Lipinski definition) is 2. The maximum absolute atomic E-state index is 9.57. The van der Waals surface area contributed by atoms with Gasteiger partial charge in [-0.1, -0.05) is 36.0 Å². The Bertz CT molecular complexity index is 265. The second-order valence-electron chi connectivity index (χ2n) is 3.40. The van der Waals surface area contributed by atoms with E-state index in [0.29, 0.717) is 0 Å². The summed E-state index contributed by atoms with van der Waals surface area (Å²) >= 11 is 0. The molecular weight excluding hydrogens is 150 g/mol. The smallest absolute Gasteiger partial charge is 0.0823 e. The third-order valence-electron chi connectivity index (χ3n) is 2.45. The summed E-state index contributed by atoms with van der Waals surface area (Å²) in [5.74, 6) is 0.176. The molecule has 0 aliphatic heterocycles. The minimum absolute atomic E-state index is 0.131. The van der Waals surface area contributed by atoms with Crippen LogP contribution in [0.3, 0.4) is 0 Å². The van der Waals surface area contributed by atoms with Gasteiger partial charge >= 0.3 is 0 Å². The van der Waals surface area contributed by atoms with Gasteiger partial charge in [-0.15, -0.1) is 0 Å². The molecule has 2 heteroatoms. The molecule has 0 aromatic heterocycles. The number of hydrogen-bond acceptors (Lipinski definition) is 2.